The van der Waals surface area contributed by atoms with Gasteiger partial charge in [0.25, 0.3) is 5.91 Å². The average molecular weight is 446 g/mol. The van der Waals surface area contributed by atoms with Crippen molar-refractivity contribution in [3.8, 4) is 23.0 Å². The van der Waals surface area contributed by atoms with Crippen LogP contribution in [0.4, 0.5) is 5.69 Å². The van der Waals surface area contributed by atoms with E-state index in [4.69, 9.17) is 18.9 Å². The van der Waals surface area contributed by atoms with Gasteiger partial charge in [0, 0.05) is 17.8 Å². The van der Waals surface area contributed by atoms with E-state index in [-0.39, 0.29) is 12.5 Å². The fraction of sp³-hybridized carbons (Fsp3) is 0.190. The van der Waals surface area contributed by atoms with Crippen LogP contribution in [0.2, 0.25) is 0 Å². The number of benzene rings is 3. The number of amides is 1. The summed E-state index contributed by atoms with van der Waals surface area (Å²) in [5.74, 6) is 1.65. The van der Waals surface area contributed by atoms with Crippen molar-refractivity contribution in [1.29, 1.82) is 0 Å². The second-order valence-corrected chi connectivity index (χ2v) is 6.64. The summed E-state index contributed by atoms with van der Waals surface area (Å²) in [5, 5.41) is 4.88. The minimum Gasteiger partial charge on any atom is -0.493 e. The third kappa shape index (κ3) is 4.14. The maximum absolute atomic E-state index is 12.4. The molecule has 0 heterocycles. The third-order valence-electron chi connectivity index (χ3n) is 4.14. The van der Waals surface area contributed by atoms with Crippen LogP contribution in [0.3, 0.4) is 0 Å². The normalized spacial score (nSPS) is 10.4. The number of anilines is 1. The van der Waals surface area contributed by atoms with Crippen LogP contribution in [0.5, 0.6) is 23.0 Å². The van der Waals surface area contributed by atoms with Crippen LogP contribution in [0.1, 0.15) is 0 Å². The van der Waals surface area contributed by atoms with E-state index in [0.29, 0.717) is 28.7 Å². The minimum atomic E-state index is -0.311. The number of hydrogen-bond acceptors (Lipinski definition) is 5. The van der Waals surface area contributed by atoms with E-state index >= 15 is 0 Å². The second kappa shape index (κ2) is 8.84. The van der Waals surface area contributed by atoms with Gasteiger partial charge in [0.15, 0.2) is 18.1 Å². The molecule has 0 aliphatic heterocycles. The van der Waals surface area contributed by atoms with Crippen LogP contribution in [-0.2, 0) is 4.79 Å². The molecule has 0 fully saturated rings. The summed E-state index contributed by atoms with van der Waals surface area (Å²) in [7, 11) is 4.56. The number of halogens is 1. The molecule has 6 nitrogen and oxygen atoms in total. The molecule has 0 saturated carbocycles. The molecule has 0 saturated heterocycles. The van der Waals surface area contributed by atoms with E-state index in [2.05, 4.69) is 21.2 Å². The summed E-state index contributed by atoms with van der Waals surface area (Å²) >= 11 is 3.55. The van der Waals surface area contributed by atoms with Gasteiger partial charge in [0.2, 0.25) is 5.75 Å². The number of carbonyl (C=O) groups is 1. The number of nitrogens with one attached hydrogen (secondary N) is 1. The van der Waals surface area contributed by atoms with Crippen molar-refractivity contribution in [3.05, 3.63) is 53.0 Å². The van der Waals surface area contributed by atoms with Crippen molar-refractivity contribution in [1.82, 2.24) is 0 Å². The average Bonchev–Trinajstić information content (AvgIpc) is 2.72. The van der Waals surface area contributed by atoms with Crippen molar-refractivity contribution in [3.63, 3.8) is 0 Å². The fourth-order valence-electron chi connectivity index (χ4n) is 2.82. The van der Waals surface area contributed by atoms with E-state index < -0.39 is 0 Å². The molecule has 7 heteroatoms. The standard InChI is InChI=1S/C21H20BrNO5/c1-25-17-10-14(11-18(26-2)21(17)27-3)23-19(24)12-28-16-9-8-13-6-4-5-7-15(13)20(16)22/h4-11H,12H2,1-3H3,(H,23,24). The van der Waals surface area contributed by atoms with Crippen molar-refractivity contribution in [2.24, 2.45) is 0 Å². The van der Waals surface area contributed by atoms with Gasteiger partial charge in [-0.1, -0.05) is 30.3 Å². The maximum Gasteiger partial charge on any atom is 0.262 e. The number of carbonyl (C=O) groups excluding carboxylic acids is 1. The Labute approximate surface area is 171 Å². The summed E-state index contributed by atoms with van der Waals surface area (Å²) < 4.78 is 22.4. The molecule has 0 radical (unpaired) electrons. The first-order valence-electron chi connectivity index (χ1n) is 8.47. The first-order chi connectivity index (χ1) is 13.6. The quantitative estimate of drug-likeness (QED) is 0.573. The molecular formula is C21H20BrNO5. The molecule has 0 aliphatic carbocycles. The topological polar surface area (TPSA) is 66.0 Å². The molecule has 0 aromatic heterocycles. The Morgan fingerprint density at radius 3 is 2.25 bits per heavy atom. The molecule has 0 unspecified atom stereocenters. The van der Waals surface area contributed by atoms with Crippen LogP contribution in [0.15, 0.2) is 53.0 Å². The van der Waals surface area contributed by atoms with Gasteiger partial charge in [-0.05, 0) is 32.8 Å². The zero-order chi connectivity index (χ0) is 20.1. The number of ether oxygens (including phenoxy) is 4. The van der Waals surface area contributed by atoms with E-state index in [0.717, 1.165) is 15.2 Å². The Kier molecular flexibility index (Phi) is 6.26. The highest BCUT2D eigenvalue weighted by molar-refractivity contribution is 9.10. The molecular weight excluding hydrogens is 426 g/mol. The van der Waals surface area contributed by atoms with Gasteiger partial charge < -0.3 is 24.3 Å². The predicted molar refractivity (Wildman–Crippen MR) is 112 cm³/mol. The van der Waals surface area contributed by atoms with Crippen LogP contribution in [-0.4, -0.2) is 33.8 Å². The molecule has 3 rings (SSSR count). The van der Waals surface area contributed by atoms with E-state index in [9.17, 15) is 4.79 Å². The molecule has 28 heavy (non-hydrogen) atoms. The highest BCUT2D eigenvalue weighted by Crippen LogP contribution is 2.40. The Morgan fingerprint density at radius 1 is 0.929 bits per heavy atom. The fourth-order valence-corrected chi connectivity index (χ4v) is 3.43. The first kappa shape index (κ1) is 19.8. The third-order valence-corrected chi connectivity index (χ3v) is 4.95. The molecule has 0 bridgehead atoms. The van der Waals surface area contributed by atoms with Gasteiger partial charge in [-0.3, -0.25) is 4.79 Å². The Bertz CT molecular complexity index is 980. The number of fused-ring (bicyclic) bond motifs is 1. The summed E-state index contributed by atoms with van der Waals surface area (Å²) in [5.41, 5.74) is 0.515. The van der Waals surface area contributed by atoms with Crippen LogP contribution in [0, 0.1) is 0 Å². The Morgan fingerprint density at radius 2 is 1.61 bits per heavy atom. The van der Waals surface area contributed by atoms with Crippen molar-refractivity contribution >= 4 is 38.3 Å². The Balaban J connectivity index is 1.72. The number of hydrogen-bond donors (Lipinski definition) is 1. The van der Waals surface area contributed by atoms with Gasteiger partial charge in [-0.25, -0.2) is 0 Å². The lowest BCUT2D eigenvalue weighted by Gasteiger charge is -2.15. The van der Waals surface area contributed by atoms with Crippen LogP contribution in [0.25, 0.3) is 10.8 Å². The summed E-state index contributed by atoms with van der Waals surface area (Å²) in [6.45, 7) is -0.145. The van der Waals surface area contributed by atoms with Gasteiger partial charge >= 0.3 is 0 Å². The van der Waals surface area contributed by atoms with Gasteiger partial charge in [0.05, 0.1) is 25.8 Å². The van der Waals surface area contributed by atoms with Crippen molar-refractivity contribution in [2.75, 3.05) is 33.3 Å². The van der Waals surface area contributed by atoms with Crippen LogP contribution >= 0.6 is 15.9 Å². The zero-order valence-corrected chi connectivity index (χ0v) is 17.3. The molecule has 3 aromatic carbocycles. The highest BCUT2D eigenvalue weighted by atomic mass is 79.9. The monoisotopic (exact) mass is 445 g/mol. The summed E-state index contributed by atoms with van der Waals surface area (Å²) in [6.07, 6.45) is 0. The SMILES string of the molecule is COc1cc(NC(=O)COc2ccc3ccccc3c2Br)cc(OC)c1OC. The molecule has 0 spiro atoms. The largest absolute Gasteiger partial charge is 0.493 e. The van der Waals surface area contributed by atoms with Gasteiger partial charge in [-0.2, -0.15) is 0 Å². The zero-order valence-electron chi connectivity index (χ0n) is 15.7. The molecule has 1 N–H and O–H groups in total. The number of methoxy groups -OCH3 is 3. The van der Waals surface area contributed by atoms with E-state index in [1.807, 2.05) is 36.4 Å². The molecule has 1 amide bonds. The molecule has 0 atom stereocenters. The lowest BCUT2D eigenvalue weighted by molar-refractivity contribution is -0.118. The van der Waals surface area contributed by atoms with Crippen molar-refractivity contribution in [2.45, 2.75) is 0 Å². The van der Waals surface area contributed by atoms with Gasteiger partial charge in [-0.15, -0.1) is 0 Å². The molecule has 0 aliphatic rings. The van der Waals surface area contributed by atoms with Crippen LogP contribution < -0.4 is 24.3 Å². The first-order valence-corrected chi connectivity index (χ1v) is 9.26. The smallest absolute Gasteiger partial charge is 0.262 e. The lowest BCUT2D eigenvalue weighted by atomic mass is 10.1. The van der Waals surface area contributed by atoms with Crippen molar-refractivity contribution < 1.29 is 23.7 Å². The van der Waals surface area contributed by atoms with E-state index in [1.54, 1.807) is 12.1 Å². The molecule has 3 aromatic rings. The Hall–Kier alpha value is -2.93. The van der Waals surface area contributed by atoms with Gasteiger partial charge in [0.1, 0.15) is 5.75 Å². The molecule has 146 valence electrons. The maximum atomic E-state index is 12.4. The highest BCUT2D eigenvalue weighted by Gasteiger charge is 2.15. The van der Waals surface area contributed by atoms with E-state index in [1.165, 1.54) is 21.3 Å². The number of rotatable bonds is 7. The predicted octanol–water partition coefficient (Wildman–Crippen LogP) is 4.65. The second-order valence-electron chi connectivity index (χ2n) is 5.85. The summed E-state index contributed by atoms with van der Waals surface area (Å²) in [6, 6.07) is 15.0. The lowest BCUT2D eigenvalue weighted by Crippen LogP contribution is -2.20. The summed E-state index contributed by atoms with van der Waals surface area (Å²) in [4.78, 5) is 12.4. The minimum absolute atomic E-state index is 0.145.